The topological polar surface area (TPSA) is 86.7 Å². The maximum absolute atomic E-state index is 11.7. The molecule has 0 aliphatic rings. The van der Waals surface area contributed by atoms with Crippen LogP contribution < -0.4 is 4.72 Å². The van der Waals surface area contributed by atoms with Gasteiger partial charge in [0.15, 0.2) is 0 Å². The number of nitrogens with zero attached hydrogens (tertiary/aromatic N) is 1. The first kappa shape index (κ1) is 15.3. The van der Waals surface area contributed by atoms with Crippen LogP contribution in [0.1, 0.15) is 27.2 Å². The number of carbonyl (C=O) groups is 1. The summed E-state index contributed by atoms with van der Waals surface area (Å²) in [5.41, 5.74) is 0. The lowest BCUT2D eigenvalue weighted by molar-refractivity contribution is -0.137. The van der Waals surface area contributed by atoms with Crippen LogP contribution in [-0.2, 0) is 15.0 Å². The predicted molar refractivity (Wildman–Crippen MR) is 61.2 cm³/mol. The normalized spacial score (nSPS) is 14.4. The van der Waals surface area contributed by atoms with Crippen LogP contribution in [0.15, 0.2) is 0 Å². The number of carboxylic acids is 1. The lowest BCUT2D eigenvalue weighted by Gasteiger charge is -2.22. The number of rotatable bonds is 7. The molecule has 7 heteroatoms. The van der Waals surface area contributed by atoms with Gasteiger partial charge in [-0.3, -0.25) is 4.79 Å². The summed E-state index contributed by atoms with van der Waals surface area (Å²) in [5, 5.41) is 8.46. The maximum Gasteiger partial charge on any atom is 0.304 e. The average molecular weight is 252 g/mol. The van der Waals surface area contributed by atoms with E-state index >= 15 is 0 Å². The van der Waals surface area contributed by atoms with Crippen molar-refractivity contribution in [1.82, 2.24) is 9.03 Å². The van der Waals surface area contributed by atoms with Crippen molar-refractivity contribution < 1.29 is 18.3 Å². The largest absolute Gasteiger partial charge is 0.481 e. The van der Waals surface area contributed by atoms with E-state index < -0.39 is 16.2 Å². The zero-order chi connectivity index (χ0) is 12.9. The van der Waals surface area contributed by atoms with Crippen LogP contribution in [0.4, 0.5) is 0 Å². The Morgan fingerprint density at radius 2 is 1.88 bits per heavy atom. The second-order valence-electron chi connectivity index (χ2n) is 4.12. The molecule has 0 saturated carbocycles. The second kappa shape index (κ2) is 6.17. The third kappa shape index (κ3) is 5.43. The van der Waals surface area contributed by atoms with Crippen molar-refractivity contribution in [3.8, 4) is 0 Å². The molecule has 0 spiro atoms. The summed E-state index contributed by atoms with van der Waals surface area (Å²) in [6, 6.07) is -0.183. The molecular weight excluding hydrogens is 232 g/mol. The van der Waals surface area contributed by atoms with Crippen molar-refractivity contribution in [2.75, 3.05) is 13.6 Å². The van der Waals surface area contributed by atoms with Gasteiger partial charge in [0.25, 0.3) is 10.2 Å². The third-order valence-electron chi connectivity index (χ3n) is 2.39. The van der Waals surface area contributed by atoms with Crippen LogP contribution in [0.2, 0.25) is 0 Å². The van der Waals surface area contributed by atoms with E-state index in [1.165, 1.54) is 7.05 Å². The van der Waals surface area contributed by atoms with Gasteiger partial charge in [-0.15, -0.1) is 0 Å². The van der Waals surface area contributed by atoms with Crippen LogP contribution in [0.5, 0.6) is 0 Å². The average Bonchev–Trinajstić information content (AvgIpc) is 2.12. The minimum atomic E-state index is -3.58. The van der Waals surface area contributed by atoms with E-state index in [4.69, 9.17) is 5.11 Å². The Morgan fingerprint density at radius 1 is 1.38 bits per heavy atom. The molecule has 2 N–H and O–H groups in total. The zero-order valence-corrected chi connectivity index (χ0v) is 10.9. The smallest absolute Gasteiger partial charge is 0.304 e. The van der Waals surface area contributed by atoms with Gasteiger partial charge in [-0.25, -0.2) is 0 Å². The molecule has 0 heterocycles. The van der Waals surface area contributed by atoms with Crippen molar-refractivity contribution in [2.24, 2.45) is 5.92 Å². The van der Waals surface area contributed by atoms with Crippen LogP contribution in [-0.4, -0.2) is 43.4 Å². The standard InChI is InChI=1S/C9H20N2O4S/c1-7(2)8(3)10-16(14,15)11(4)6-5-9(12)13/h7-8,10H,5-6H2,1-4H3,(H,12,13). The van der Waals surface area contributed by atoms with Gasteiger partial charge in [0.05, 0.1) is 6.42 Å². The van der Waals surface area contributed by atoms with E-state index in [9.17, 15) is 13.2 Å². The lowest BCUT2D eigenvalue weighted by Crippen LogP contribution is -2.44. The summed E-state index contributed by atoms with van der Waals surface area (Å²) in [7, 11) is -2.22. The quantitative estimate of drug-likeness (QED) is 0.681. The van der Waals surface area contributed by atoms with Crippen molar-refractivity contribution >= 4 is 16.2 Å². The number of nitrogens with one attached hydrogen (secondary N) is 1. The highest BCUT2D eigenvalue weighted by atomic mass is 32.2. The Balaban J connectivity index is 4.37. The Hall–Kier alpha value is -0.660. The Labute approximate surface area is 96.8 Å². The molecule has 96 valence electrons. The molecule has 0 aromatic rings. The van der Waals surface area contributed by atoms with Crippen molar-refractivity contribution in [3.05, 3.63) is 0 Å². The lowest BCUT2D eigenvalue weighted by atomic mass is 10.1. The van der Waals surface area contributed by atoms with E-state index in [-0.39, 0.29) is 24.9 Å². The van der Waals surface area contributed by atoms with E-state index in [1.807, 2.05) is 13.8 Å². The fourth-order valence-corrected chi connectivity index (χ4v) is 2.09. The number of aliphatic carboxylic acids is 1. The van der Waals surface area contributed by atoms with Gasteiger partial charge in [-0.2, -0.15) is 17.4 Å². The molecule has 16 heavy (non-hydrogen) atoms. The fourth-order valence-electron chi connectivity index (χ4n) is 0.834. The highest BCUT2D eigenvalue weighted by Gasteiger charge is 2.21. The summed E-state index contributed by atoms with van der Waals surface area (Å²) in [4.78, 5) is 10.3. The molecule has 0 aliphatic carbocycles. The summed E-state index contributed by atoms with van der Waals surface area (Å²) in [6.45, 7) is 5.55. The van der Waals surface area contributed by atoms with Gasteiger partial charge in [-0.1, -0.05) is 13.8 Å². The molecule has 1 unspecified atom stereocenters. The summed E-state index contributed by atoms with van der Waals surface area (Å²) in [6.07, 6.45) is -0.201. The third-order valence-corrected chi connectivity index (χ3v) is 4.06. The molecular formula is C9H20N2O4S. The molecule has 6 nitrogen and oxygen atoms in total. The molecule has 0 aliphatic heterocycles. The first-order valence-electron chi connectivity index (χ1n) is 5.12. The van der Waals surface area contributed by atoms with Gasteiger partial charge in [0, 0.05) is 19.6 Å². The number of carboxylic acid groups (broad SMARTS) is 1. The van der Waals surface area contributed by atoms with Crippen LogP contribution >= 0.6 is 0 Å². The minimum absolute atomic E-state index is 0.0323. The van der Waals surface area contributed by atoms with Crippen molar-refractivity contribution in [2.45, 2.75) is 33.2 Å². The SMILES string of the molecule is CC(C)C(C)NS(=O)(=O)N(C)CCC(=O)O. The summed E-state index contributed by atoms with van der Waals surface area (Å²) >= 11 is 0. The van der Waals surface area contributed by atoms with Gasteiger partial charge in [0.2, 0.25) is 0 Å². The van der Waals surface area contributed by atoms with Crippen LogP contribution in [0.25, 0.3) is 0 Å². The van der Waals surface area contributed by atoms with E-state index in [0.29, 0.717) is 0 Å². The Bertz CT molecular complexity index is 326. The first-order valence-corrected chi connectivity index (χ1v) is 6.56. The van der Waals surface area contributed by atoms with E-state index in [1.54, 1.807) is 6.92 Å². The maximum atomic E-state index is 11.7. The first-order chi connectivity index (χ1) is 7.16. The van der Waals surface area contributed by atoms with E-state index in [2.05, 4.69) is 4.72 Å². The number of hydrogen-bond acceptors (Lipinski definition) is 3. The predicted octanol–water partition coefficient (Wildman–Crippen LogP) is 0.272. The van der Waals surface area contributed by atoms with E-state index in [0.717, 1.165) is 4.31 Å². The highest BCUT2D eigenvalue weighted by Crippen LogP contribution is 2.04. The molecule has 0 fully saturated rings. The Morgan fingerprint density at radius 3 is 2.25 bits per heavy atom. The molecule has 0 aromatic heterocycles. The second-order valence-corrected chi connectivity index (χ2v) is 5.93. The molecule has 0 radical (unpaired) electrons. The molecule has 0 aromatic carbocycles. The monoisotopic (exact) mass is 252 g/mol. The zero-order valence-electron chi connectivity index (χ0n) is 10.1. The van der Waals surface area contributed by atoms with Crippen molar-refractivity contribution in [3.63, 3.8) is 0 Å². The summed E-state index contributed by atoms with van der Waals surface area (Å²) < 4.78 is 26.9. The van der Waals surface area contributed by atoms with Crippen LogP contribution in [0.3, 0.4) is 0 Å². The minimum Gasteiger partial charge on any atom is -0.481 e. The van der Waals surface area contributed by atoms with Gasteiger partial charge in [0.1, 0.15) is 0 Å². The number of hydrogen-bond donors (Lipinski definition) is 2. The van der Waals surface area contributed by atoms with Crippen LogP contribution in [0, 0.1) is 5.92 Å². The fraction of sp³-hybridized carbons (Fsp3) is 0.889. The highest BCUT2D eigenvalue weighted by molar-refractivity contribution is 7.87. The summed E-state index contributed by atoms with van der Waals surface area (Å²) in [5.74, 6) is -0.832. The van der Waals surface area contributed by atoms with Crippen molar-refractivity contribution in [1.29, 1.82) is 0 Å². The van der Waals surface area contributed by atoms with Gasteiger partial charge < -0.3 is 5.11 Å². The Kier molecular flexibility index (Phi) is 5.91. The molecule has 0 bridgehead atoms. The van der Waals surface area contributed by atoms with Gasteiger partial charge >= 0.3 is 5.97 Å². The van der Waals surface area contributed by atoms with Gasteiger partial charge in [-0.05, 0) is 12.8 Å². The molecule has 1 atom stereocenters. The molecule has 0 rings (SSSR count). The molecule has 0 saturated heterocycles. The molecule has 0 amide bonds.